The fourth-order valence-electron chi connectivity index (χ4n) is 14.5. The minimum Gasteiger partial charge on any atom is -0.456 e. The Morgan fingerprint density at radius 1 is 0.361 bits per heavy atom. The summed E-state index contributed by atoms with van der Waals surface area (Å²) in [5.74, 6) is 0. The van der Waals surface area contributed by atoms with Gasteiger partial charge in [-0.25, -0.2) is 0 Å². The van der Waals surface area contributed by atoms with E-state index in [1.54, 1.807) is 0 Å². The maximum atomic E-state index is 6.49. The van der Waals surface area contributed by atoms with Gasteiger partial charge in [-0.05, 0) is 207 Å². The molecule has 7 heteroatoms. The van der Waals surface area contributed by atoms with Crippen molar-refractivity contribution in [2.24, 2.45) is 0 Å². The molecule has 0 fully saturated rings. The van der Waals surface area contributed by atoms with E-state index in [4.69, 9.17) is 4.42 Å². The second-order valence-electron chi connectivity index (χ2n) is 27.3. The van der Waals surface area contributed by atoms with E-state index in [-0.39, 0.29) is 29.9 Å². The third kappa shape index (κ3) is 7.76. The summed E-state index contributed by atoms with van der Waals surface area (Å²) in [6.07, 6.45) is 0. The average molecular weight is 1080 g/mol. The molecule has 0 N–H and O–H groups in total. The monoisotopic (exact) mass is 1080 g/mol. The largest absolute Gasteiger partial charge is 0.456 e. The molecule has 0 aliphatic carbocycles. The van der Waals surface area contributed by atoms with Crippen LogP contribution in [0.4, 0.5) is 56.9 Å². The van der Waals surface area contributed by atoms with Crippen LogP contribution in [0.3, 0.4) is 0 Å². The predicted octanol–water partition coefficient (Wildman–Crippen LogP) is 18.1. The van der Waals surface area contributed by atoms with Gasteiger partial charge in [-0.1, -0.05) is 165 Å². The quantitative estimate of drug-likeness (QED) is 0.164. The number of nitrogens with zero attached hydrogens (tertiary/aromatic N) is 4. The zero-order valence-electron chi connectivity index (χ0n) is 50.2. The number of benzene rings is 10. The van der Waals surface area contributed by atoms with Crippen molar-refractivity contribution < 1.29 is 4.42 Å². The summed E-state index contributed by atoms with van der Waals surface area (Å²) < 4.78 is 6.49. The molecule has 15 rings (SSSR count). The van der Waals surface area contributed by atoms with Crippen LogP contribution in [0.2, 0.25) is 0 Å². The average Bonchev–Trinajstić information content (AvgIpc) is 1.78. The zero-order valence-corrected chi connectivity index (χ0v) is 50.2. The lowest BCUT2D eigenvalue weighted by molar-refractivity contribution is 0.590. The van der Waals surface area contributed by atoms with E-state index < -0.39 is 0 Å². The number of anilines is 10. The highest BCUT2D eigenvalue weighted by molar-refractivity contribution is 7.00. The van der Waals surface area contributed by atoms with Crippen molar-refractivity contribution in [1.29, 1.82) is 0 Å². The zero-order chi connectivity index (χ0) is 57.3. The summed E-state index contributed by atoms with van der Waals surface area (Å²) in [5.41, 5.74) is 32.8. The molecule has 4 aliphatic heterocycles. The Labute approximate surface area is 491 Å². The van der Waals surface area contributed by atoms with Gasteiger partial charge < -0.3 is 23.8 Å². The molecule has 10 aromatic carbocycles. The van der Waals surface area contributed by atoms with E-state index in [1.807, 2.05) is 6.07 Å². The van der Waals surface area contributed by atoms with Crippen molar-refractivity contribution in [2.45, 2.75) is 106 Å². The Bertz CT molecular complexity index is 4510. The molecule has 0 atom stereocenters. The van der Waals surface area contributed by atoms with Crippen molar-refractivity contribution >= 4 is 114 Å². The molecule has 4 aliphatic rings. The standard InChI is InChI=1S/C76H70B2N4O/c1-45-35-67-72-68(36-45)80(73-47(3)37-50(38-48(73)4)49-27-33-58-57-24-18-20-26-69(57)83-70(58)40-49)64-44-66-65(43-61(64)77(72)60-34-30-52(75(8,9)10)42-63(60)79(67)54-31-28-51(29-32-54)74(5,6)7)81(55-21-15-14-16-22-55)78-71-46(2)39-53(76(11,12)13)41-59(71)56-23-17-19-25-62(56)82(66)78/h14-44H,1-13H3. The molecule has 83 heavy (non-hydrogen) atoms. The van der Waals surface area contributed by atoms with E-state index in [0.717, 1.165) is 33.2 Å². The van der Waals surface area contributed by atoms with Gasteiger partial charge in [0.05, 0.1) is 17.1 Å². The molecule has 5 nitrogen and oxygen atoms in total. The number of para-hydroxylation sites is 3. The van der Waals surface area contributed by atoms with Gasteiger partial charge in [0.25, 0.3) is 6.71 Å². The summed E-state index contributed by atoms with van der Waals surface area (Å²) in [6.45, 7) is 30.0. The van der Waals surface area contributed by atoms with E-state index >= 15 is 0 Å². The van der Waals surface area contributed by atoms with E-state index in [9.17, 15) is 0 Å². The first-order valence-corrected chi connectivity index (χ1v) is 29.8. The van der Waals surface area contributed by atoms with Crippen LogP contribution in [0.5, 0.6) is 0 Å². The van der Waals surface area contributed by atoms with Crippen molar-refractivity contribution in [3.63, 3.8) is 0 Å². The third-order valence-corrected chi connectivity index (χ3v) is 18.6. The lowest BCUT2D eigenvalue weighted by Gasteiger charge is -2.45. The van der Waals surface area contributed by atoms with Gasteiger partial charge >= 0.3 is 6.98 Å². The van der Waals surface area contributed by atoms with Crippen LogP contribution >= 0.6 is 0 Å². The Morgan fingerprint density at radius 3 is 1.71 bits per heavy atom. The maximum absolute atomic E-state index is 6.49. The maximum Gasteiger partial charge on any atom is 0.421 e. The van der Waals surface area contributed by atoms with E-state index in [2.05, 4.69) is 291 Å². The van der Waals surface area contributed by atoms with Gasteiger partial charge in [-0.3, -0.25) is 0 Å². The second-order valence-corrected chi connectivity index (χ2v) is 27.3. The molecule has 5 heterocycles. The number of furan rings is 1. The van der Waals surface area contributed by atoms with Gasteiger partial charge in [0.1, 0.15) is 11.2 Å². The molecule has 0 amide bonds. The van der Waals surface area contributed by atoms with Crippen LogP contribution in [0.15, 0.2) is 192 Å². The second kappa shape index (κ2) is 17.9. The lowest BCUT2D eigenvalue weighted by Crippen LogP contribution is -2.61. The van der Waals surface area contributed by atoms with Crippen LogP contribution in [-0.2, 0) is 16.2 Å². The summed E-state index contributed by atoms with van der Waals surface area (Å²) in [7, 11) is 0. The number of rotatable bonds is 4. The highest BCUT2D eigenvalue weighted by Gasteiger charge is 2.52. The first-order chi connectivity index (χ1) is 39.7. The molecule has 1 aromatic heterocycles. The molecule has 0 radical (unpaired) electrons. The Kier molecular flexibility index (Phi) is 11.1. The number of aryl methyl sites for hydroxylation is 4. The van der Waals surface area contributed by atoms with Crippen molar-refractivity contribution in [2.75, 3.05) is 19.4 Å². The van der Waals surface area contributed by atoms with Crippen molar-refractivity contribution in [1.82, 2.24) is 0 Å². The number of hydrogen-bond donors (Lipinski definition) is 0. The number of hydrogen-bond acceptors (Lipinski definition) is 5. The molecule has 0 bridgehead atoms. The minimum absolute atomic E-state index is 0.0151. The fourth-order valence-corrected chi connectivity index (χ4v) is 14.5. The Balaban J connectivity index is 1.02. The molecule has 0 unspecified atom stereocenters. The molecule has 11 aromatic rings. The molecule has 0 saturated heterocycles. The molecule has 0 saturated carbocycles. The fraction of sp³-hybridized carbons (Fsp3) is 0.211. The highest BCUT2D eigenvalue weighted by Crippen LogP contribution is 2.56. The van der Waals surface area contributed by atoms with E-state index in [1.165, 1.54) is 129 Å². The highest BCUT2D eigenvalue weighted by atomic mass is 16.3. The van der Waals surface area contributed by atoms with Crippen LogP contribution in [0.25, 0.3) is 44.2 Å². The summed E-state index contributed by atoms with van der Waals surface area (Å²) in [5, 5.41) is 2.28. The summed E-state index contributed by atoms with van der Waals surface area (Å²) in [6, 6.07) is 72.1. The van der Waals surface area contributed by atoms with Crippen molar-refractivity contribution in [3.05, 3.63) is 227 Å². The lowest BCUT2D eigenvalue weighted by atomic mass is 9.33. The van der Waals surface area contributed by atoms with Gasteiger partial charge in [0.2, 0.25) is 0 Å². The summed E-state index contributed by atoms with van der Waals surface area (Å²) in [4.78, 5) is 10.6. The van der Waals surface area contributed by atoms with Crippen LogP contribution in [-0.4, -0.2) is 13.7 Å². The topological polar surface area (TPSA) is 26.1 Å². The Hall–Kier alpha value is -8.67. The first kappa shape index (κ1) is 51.2. The van der Waals surface area contributed by atoms with Crippen molar-refractivity contribution in [3.8, 4) is 22.3 Å². The molecule has 406 valence electrons. The first-order valence-electron chi connectivity index (χ1n) is 29.8. The normalized spacial score (nSPS) is 14.2. The molecular weight excluding hydrogens is 1010 g/mol. The van der Waals surface area contributed by atoms with Gasteiger partial charge in [-0.15, -0.1) is 0 Å². The SMILES string of the molecule is Cc1cc2c3c(c1)N(c1c(C)cc(-c4ccc5c(c4)oc4ccccc45)cc1C)c1cc4c(cc1B3c1ccc(C(C)(C)C)cc1N2c1ccc(C(C)(C)C)cc1)N(c1ccccc1)B1c2c(C)cc(C(C)(C)C)cc2-c2ccccc2N14. The van der Waals surface area contributed by atoms with Crippen LogP contribution in [0.1, 0.15) is 101 Å². The molecular formula is C76H70B2N4O. The van der Waals surface area contributed by atoms with Gasteiger partial charge in [0.15, 0.2) is 0 Å². The smallest absolute Gasteiger partial charge is 0.421 e. The van der Waals surface area contributed by atoms with Crippen LogP contribution < -0.4 is 41.3 Å². The Morgan fingerprint density at radius 2 is 0.988 bits per heavy atom. The van der Waals surface area contributed by atoms with Gasteiger partial charge in [-0.2, -0.15) is 0 Å². The van der Waals surface area contributed by atoms with Gasteiger partial charge in [0, 0.05) is 56.1 Å². The van der Waals surface area contributed by atoms with Crippen LogP contribution in [0, 0.1) is 27.7 Å². The van der Waals surface area contributed by atoms with E-state index in [0.29, 0.717) is 0 Å². The number of fused-ring (bicyclic) bond motifs is 15. The third-order valence-electron chi connectivity index (χ3n) is 18.6. The molecule has 0 spiro atoms. The predicted molar refractivity (Wildman–Crippen MR) is 356 cm³/mol. The summed E-state index contributed by atoms with van der Waals surface area (Å²) >= 11 is 0. The minimum atomic E-state index is -0.143.